The van der Waals surface area contributed by atoms with Gasteiger partial charge in [-0.3, -0.25) is 4.79 Å². The van der Waals surface area contributed by atoms with Gasteiger partial charge in [0.15, 0.2) is 0 Å². The first-order valence-electron chi connectivity index (χ1n) is 4.81. The molecule has 0 aliphatic heterocycles. The average Bonchev–Trinajstić information content (AvgIpc) is 2.34. The summed E-state index contributed by atoms with van der Waals surface area (Å²) in [6.07, 6.45) is 3.86. The average molecular weight is 170 g/mol. The van der Waals surface area contributed by atoms with Gasteiger partial charge < -0.3 is 5.11 Å². The lowest BCUT2D eigenvalue weighted by molar-refractivity contribution is -0.138. The van der Waals surface area contributed by atoms with E-state index < -0.39 is 5.97 Å². The summed E-state index contributed by atoms with van der Waals surface area (Å²) in [5.74, 6) is 1.32. The van der Waals surface area contributed by atoms with E-state index >= 15 is 0 Å². The molecule has 1 fully saturated rings. The molecule has 0 spiro atoms. The number of carboxylic acid groups (broad SMARTS) is 1. The van der Waals surface area contributed by atoms with Gasteiger partial charge in [0, 0.05) is 6.42 Å². The van der Waals surface area contributed by atoms with Crippen LogP contribution >= 0.6 is 0 Å². The van der Waals surface area contributed by atoms with Crippen LogP contribution in [0.5, 0.6) is 0 Å². The van der Waals surface area contributed by atoms with Crippen LogP contribution in [0.1, 0.15) is 39.5 Å². The second-order valence-electron chi connectivity index (χ2n) is 4.28. The van der Waals surface area contributed by atoms with Crippen molar-refractivity contribution in [1.82, 2.24) is 0 Å². The molecule has 1 N–H and O–H groups in total. The number of hydrogen-bond acceptors (Lipinski definition) is 1. The predicted molar refractivity (Wildman–Crippen MR) is 47.9 cm³/mol. The van der Waals surface area contributed by atoms with E-state index in [4.69, 9.17) is 5.11 Å². The Morgan fingerprint density at radius 3 is 2.58 bits per heavy atom. The highest BCUT2D eigenvalue weighted by atomic mass is 16.4. The van der Waals surface area contributed by atoms with Gasteiger partial charge >= 0.3 is 5.97 Å². The summed E-state index contributed by atoms with van der Waals surface area (Å²) >= 11 is 0. The molecule has 0 aromatic carbocycles. The lowest BCUT2D eigenvalue weighted by Crippen LogP contribution is -2.07. The highest BCUT2D eigenvalue weighted by Crippen LogP contribution is 2.37. The molecule has 0 aromatic rings. The Kier molecular flexibility index (Phi) is 3.12. The zero-order chi connectivity index (χ0) is 9.14. The molecule has 1 aliphatic carbocycles. The summed E-state index contributed by atoms with van der Waals surface area (Å²) in [6, 6.07) is 0. The maximum atomic E-state index is 10.4. The zero-order valence-electron chi connectivity index (χ0n) is 7.92. The van der Waals surface area contributed by atoms with Crippen LogP contribution in [0.15, 0.2) is 0 Å². The number of hydrogen-bond donors (Lipinski definition) is 1. The molecule has 70 valence electrons. The fourth-order valence-electron chi connectivity index (χ4n) is 2.15. The van der Waals surface area contributed by atoms with Crippen molar-refractivity contribution in [3.8, 4) is 0 Å². The van der Waals surface area contributed by atoms with Gasteiger partial charge in [0.25, 0.3) is 0 Å². The number of carbonyl (C=O) groups is 1. The maximum absolute atomic E-state index is 10.4. The molecular weight excluding hydrogens is 152 g/mol. The van der Waals surface area contributed by atoms with Crippen LogP contribution in [0, 0.1) is 17.8 Å². The van der Waals surface area contributed by atoms with E-state index in [1.165, 1.54) is 6.42 Å². The Morgan fingerprint density at radius 1 is 1.50 bits per heavy atom. The minimum absolute atomic E-state index is 0.378. The van der Waals surface area contributed by atoms with Crippen molar-refractivity contribution in [2.45, 2.75) is 39.5 Å². The quantitative estimate of drug-likeness (QED) is 0.706. The highest BCUT2D eigenvalue weighted by Gasteiger charge is 2.27. The van der Waals surface area contributed by atoms with Gasteiger partial charge in [-0.2, -0.15) is 0 Å². The lowest BCUT2D eigenvalue weighted by Gasteiger charge is -2.13. The summed E-state index contributed by atoms with van der Waals surface area (Å²) in [7, 11) is 0. The van der Waals surface area contributed by atoms with E-state index in [9.17, 15) is 4.79 Å². The van der Waals surface area contributed by atoms with Crippen LogP contribution in [-0.4, -0.2) is 11.1 Å². The van der Waals surface area contributed by atoms with E-state index in [2.05, 4.69) is 13.8 Å². The summed E-state index contributed by atoms with van der Waals surface area (Å²) < 4.78 is 0. The second kappa shape index (κ2) is 3.92. The Labute approximate surface area is 74.0 Å². The molecular formula is C10H18O2. The molecule has 1 rings (SSSR count). The molecule has 1 aliphatic rings. The first kappa shape index (κ1) is 9.56. The molecule has 2 nitrogen and oxygen atoms in total. The molecule has 2 unspecified atom stereocenters. The normalized spacial score (nSPS) is 29.6. The molecule has 2 atom stereocenters. The van der Waals surface area contributed by atoms with Crippen LogP contribution in [-0.2, 0) is 4.79 Å². The molecule has 12 heavy (non-hydrogen) atoms. The van der Waals surface area contributed by atoms with Crippen molar-refractivity contribution in [1.29, 1.82) is 0 Å². The standard InChI is InChI=1S/C10H18O2/c1-7(2)9-4-3-8(5-9)6-10(11)12/h7-9H,3-6H2,1-2H3,(H,11,12). The Balaban J connectivity index is 2.30. The fourth-order valence-corrected chi connectivity index (χ4v) is 2.15. The molecule has 0 aromatic heterocycles. The van der Waals surface area contributed by atoms with Crippen LogP contribution in [0.4, 0.5) is 0 Å². The SMILES string of the molecule is CC(C)C1CCC(CC(=O)O)C1. The third-order valence-electron chi connectivity index (χ3n) is 2.99. The number of rotatable bonds is 3. The predicted octanol–water partition coefficient (Wildman–Crippen LogP) is 2.53. The van der Waals surface area contributed by atoms with Crippen molar-refractivity contribution in [3.05, 3.63) is 0 Å². The lowest BCUT2D eigenvalue weighted by atomic mass is 9.93. The van der Waals surface area contributed by atoms with Crippen molar-refractivity contribution in [2.75, 3.05) is 0 Å². The van der Waals surface area contributed by atoms with E-state index in [0.29, 0.717) is 12.3 Å². The van der Waals surface area contributed by atoms with Crippen LogP contribution in [0.2, 0.25) is 0 Å². The van der Waals surface area contributed by atoms with Crippen molar-refractivity contribution in [2.24, 2.45) is 17.8 Å². The van der Waals surface area contributed by atoms with Crippen LogP contribution in [0.3, 0.4) is 0 Å². The Hall–Kier alpha value is -0.530. The zero-order valence-corrected chi connectivity index (χ0v) is 7.92. The minimum atomic E-state index is -0.635. The van der Waals surface area contributed by atoms with Gasteiger partial charge in [0.1, 0.15) is 0 Å². The summed E-state index contributed by atoms with van der Waals surface area (Å²) in [5, 5.41) is 8.60. The van der Waals surface area contributed by atoms with Crippen molar-refractivity contribution in [3.63, 3.8) is 0 Å². The molecule has 0 saturated heterocycles. The van der Waals surface area contributed by atoms with Crippen LogP contribution < -0.4 is 0 Å². The maximum Gasteiger partial charge on any atom is 0.303 e. The minimum Gasteiger partial charge on any atom is -0.481 e. The van der Waals surface area contributed by atoms with Gasteiger partial charge in [-0.05, 0) is 37.0 Å². The van der Waals surface area contributed by atoms with E-state index in [0.717, 1.165) is 24.7 Å². The van der Waals surface area contributed by atoms with Gasteiger partial charge in [-0.25, -0.2) is 0 Å². The van der Waals surface area contributed by atoms with E-state index in [1.54, 1.807) is 0 Å². The van der Waals surface area contributed by atoms with Gasteiger partial charge in [-0.15, -0.1) is 0 Å². The summed E-state index contributed by atoms with van der Waals surface area (Å²) in [6.45, 7) is 4.46. The number of carboxylic acids is 1. The first-order chi connectivity index (χ1) is 5.59. The first-order valence-corrected chi connectivity index (χ1v) is 4.81. The third-order valence-corrected chi connectivity index (χ3v) is 2.99. The van der Waals surface area contributed by atoms with E-state index in [-0.39, 0.29) is 0 Å². The second-order valence-corrected chi connectivity index (χ2v) is 4.28. The third kappa shape index (κ3) is 2.50. The largest absolute Gasteiger partial charge is 0.481 e. The van der Waals surface area contributed by atoms with Crippen LogP contribution in [0.25, 0.3) is 0 Å². The summed E-state index contributed by atoms with van der Waals surface area (Å²) in [4.78, 5) is 10.4. The van der Waals surface area contributed by atoms with Gasteiger partial charge in [-0.1, -0.05) is 13.8 Å². The number of aliphatic carboxylic acids is 1. The fraction of sp³-hybridized carbons (Fsp3) is 0.900. The van der Waals surface area contributed by atoms with Crippen molar-refractivity contribution >= 4 is 5.97 Å². The van der Waals surface area contributed by atoms with E-state index in [1.807, 2.05) is 0 Å². The topological polar surface area (TPSA) is 37.3 Å². The molecule has 0 heterocycles. The highest BCUT2D eigenvalue weighted by molar-refractivity contribution is 5.67. The molecule has 0 bridgehead atoms. The summed E-state index contributed by atoms with van der Waals surface area (Å²) in [5.41, 5.74) is 0. The molecule has 0 amide bonds. The van der Waals surface area contributed by atoms with Crippen molar-refractivity contribution < 1.29 is 9.90 Å². The Morgan fingerprint density at radius 2 is 2.17 bits per heavy atom. The smallest absolute Gasteiger partial charge is 0.303 e. The molecule has 2 heteroatoms. The monoisotopic (exact) mass is 170 g/mol. The van der Waals surface area contributed by atoms with Gasteiger partial charge in [0.05, 0.1) is 0 Å². The molecule has 1 saturated carbocycles. The van der Waals surface area contributed by atoms with Gasteiger partial charge in [0.2, 0.25) is 0 Å². The molecule has 0 radical (unpaired) electrons. The Bertz CT molecular complexity index is 163.